The van der Waals surface area contributed by atoms with Crippen LogP contribution in [-0.4, -0.2) is 45.4 Å². The second-order valence-electron chi connectivity index (χ2n) is 6.89. The maximum Gasteiger partial charge on any atom is 0.387 e. The minimum absolute atomic E-state index is 0.137. The Morgan fingerprint density at radius 2 is 1.90 bits per heavy atom. The van der Waals surface area contributed by atoms with Crippen LogP contribution in [0.4, 0.5) is 14.5 Å². The second kappa shape index (κ2) is 10.7. The van der Waals surface area contributed by atoms with Crippen LogP contribution in [0.2, 0.25) is 0 Å². The average Bonchev–Trinajstić information content (AvgIpc) is 3.20. The quantitative estimate of drug-likeness (QED) is 0.507. The molecule has 3 rings (SSSR count). The lowest BCUT2D eigenvalue weighted by atomic mass is 10.2. The van der Waals surface area contributed by atoms with Crippen molar-refractivity contribution in [3.8, 4) is 11.5 Å². The van der Waals surface area contributed by atoms with Crippen LogP contribution in [0, 0.1) is 0 Å². The van der Waals surface area contributed by atoms with E-state index in [1.165, 1.54) is 0 Å². The van der Waals surface area contributed by atoms with Crippen molar-refractivity contribution >= 4 is 11.6 Å². The summed E-state index contributed by atoms with van der Waals surface area (Å²) in [6.07, 6.45) is 0.860. The zero-order valence-electron chi connectivity index (χ0n) is 17.3. The van der Waals surface area contributed by atoms with Gasteiger partial charge in [0.05, 0.1) is 12.3 Å². The van der Waals surface area contributed by atoms with E-state index in [1.807, 2.05) is 42.2 Å². The van der Waals surface area contributed by atoms with E-state index in [0.29, 0.717) is 31.3 Å². The molecule has 30 heavy (non-hydrogen) atoms. The Morgan fingerprint density at radius 3 is 2.63 bits per heavy atom. The highest BCUT2D eigenvalue weighted by Gasteiger charge is 2.26. The number of guanidine groups is 1. The number of hydrogen-bond donors (Lipinski definition) is 2. The van der Waals surface area contributed by atoms with Gasteiger partial charge in [0.2, 0.25) is 0 Å². The Balaban J connectivity index is 1.57. The minimum Gasteiger partial charge on any atom is -0.494 e. The topological polar surface area (TPSA) is 58.1 Å². The standard InChI is InChI=1S/C22H28F2N4O2/c1-3-29-19-10-6-4-8-16(19)14-26-22(25-2)27-17-12-13-28(15-17)18-9-5-7-11-20(18)30-21(23)24/h4-11,17,21H,3,12-15H2,1-2H3,(H2,25,26,27). The largest absolute Gasteiger partial charge is 0.494 e. The fourth-order valence-electron chi connectivity index (χ4n) is 3.52. The molecule has 2 aromatic rings. The van der Waals surface area contributed by atoms with Crippen LogP contribution >= 0.6 is 0 Å². The molecule has 6 nitrogen and oxygen atoms in total. The zero-order valence-corrected chi connectivity index (χ0v) is 17.3. The summed E-state index contributed by atoms with van der Waals surface area (Å²) in [6.45, 7) is 1.72. The molecule has 0 amide bonds. The number of halogens is 2. The van der Waals surface area contributed by atoms with Crippen LogP contribution in [-0.2, 0) is 6.54 Å². The van der Waals surface area contributed by atoms with Crippen LogP contribution in [0.25, 0.3) is 0 Å². The molecule has 162 valence electrons. The van der Waals surface area contributed by atoms with Crippen molar-refractivity contribution in [3.63, 3.8) is 0 Å². The normalized spacial score (nSPS) is 16.6. The summed E-state index contributed by atoms with van der Waals surface area (Å²) < 4.78 is 35.7. The number of benzene rings is 2. The van der Waals surface area contributed by atoms with E-state index in [4.69, 9.17) is 4.74 Å². The molecule has 8 heteroatoms. The van der Waals surface area contributed by atoms with Crippen LogP contribution < -0.4 is 25.0 Å². The summed E-state index contributed by atoms with van der Waals surface area (Å²) in [5.74, 6) is 1.74. The van der Waals surface area contributed by atoms with Crippen molar-refractivity contribution in [2.45, 2.75) is 32.5 Å². The number of nitrogens with one attached hydrogen (secondary N) is 2. The first-order valence-electron chi connectivity index (χ1n) is 10.1. The van der Waals surface area contributed by atoms with E-state index in [1.54, 1.807) is 25.2 Å². The van der Waals surface area contributed by atoms with E-state index in [9.17, 15) is 8.78 Å². The van der Waals surface area contributed by atoms with Crippen molar-refractivity contribution < 1.29 is 18.3 Å². The third kappa shape index (κ3) is 5.75. The van der Waals surface area contributed by atoms with Gasteiger partial charge in [0.25, 0.3) is 0 Å². The summed E-state index contributed by atoms with van der Waals surface area (Å²) >= 11 is 0. The summed E-state index contributed by atoms with van der Waals surface area (Å²) in [5, 5.41) is 6.73. The first-order valence-corrected chi connectivity index (χ1v) is 10.1. The first-order chi connectivity index (χ1) is 14.6. The zero-order chi connectivity index (χ0) is 21.3. The highest BCUT2D eigenvalue weighted by Crippen LogP contribution is 2.31. The van der Waals surface area contributed by atoms with E-state index in [0.717, 1.165) is 24.3 Å². The molecule has 0 aromatic heterocycles. The van der Waals surface area contributed by atoms with Crippen molar-refractivity contribution in [2.24, 2.45) is 4.99 Å². The van der Waals surface area contributed by atoms with Gasteiger partial charge in [-0.25, -0.2) is 0 Å². The Hall–Kier alpha value is -3.03. The van der Waals surface area contributed by atoms with Gasteiger partial charge in [0, 0.05) is 38.3 Å². The first kappa shape index (κ1) is 21.7. The number of para-hydroxylation sites is 3. The molecule has 1 aliphatic heterocycles. The van der Waals surface area contributed by atoms with Crippen LogP contribution in [0.1, 0.15) is 18.9 Å². The highest BCUT2D eigenvalue weighted by molar-refractivity contribution is 5.80. The number of ether oxygens (including phenoxy) is 2. The molecule has 1 unspecified atom stereocenters. The Kier molecular flexibility index (Phi) is 7.70. The number of anilines is 1. The van der Waals surface area contributed by atoms with Crippen molar-refractivity contribution in [2.75, 3.05) is 31.6 Å². The molecule has 0 aliphatic carbocycles. The lowest BCUT2D eigenvalue weighted by molar-refractivity contribution is -0.0495. The van der Waals surface area contributed by atoms with Gasteiger partial charge in [-0.3, -0.25) is 4.99 Å². The van der Waals surface area contributed by atoms with Gasteiger partial charge in [0.15, 0.2) is 5.96 Å². The molecule has 0 saturated carbocycles. The molecule has 1 aliphatic rings. The molecule has 0 bridgehead atoms. The fraction of sp³-hybridized carbons (Fsp3) is 0.409. The van der Waals surface area contributed by atoms with Crippen molar-refractivity contribution in [1.29, 1.82) is 0 Å². The highest BCUT2D eigenvalue weighted by atomic mass is 19.3. The molecular weight excluding hydrogens is 390 g/mol. The van der Waals surface area contributed by atoms with Gasteiger partial charge >= 0.3 is 6.61 Å². The van der Waals surface area contributed by atoms with E-state index < -0.39 is 6.61 Å². The maximum atomic E-state index is 12.7. The van der Waals surface area contributed by atoms with Crippen LogP contribution in [0.3, 0.4) is 0 Å². The summed E-state index contributed by atoms with van der Waals surface area (Å²) in [6, 6.07) is 14.9. The monoisotopic (exact) mass is 418 g/mol. The fourth-order valence-corrected chi connectivity index (χ4v) is 3.52. The average molecular weight is 418 g/mol. The van der Waals surface area contributed by atoms with Gasteiger partial charge in [-0.05, 0) is 31.5 Å². The molecule has 2 N–H and O–H groups in total. The van der Waals surface area contributed by atoms with Crippen molar-refractivity contribution in [3.05, 3.63) is 54.1 Å². The second-order valence-corrected chi connectivity index (χ2v) is 6.89. The minimum atomic E-state index is -2.84. The van der Waals surface area contributed by atoms with Crippen LogP contribution in [0.15, 0.2) is 53.5 Å². The molecule has 2 aromatic carbocycles. The predicted octanol–water partition coefficient (Wildman–Crippen LogP) is 3.63. The van der Waals surface area contributed by atoms with Crippen LogP contribution in [0.5, 0.6) is 11.5 Å². The van der Waals surface area contributed by atoms with Gasteiger partial charge < -0.3 is 25.0 Å². The molecule has 1 saturated heterocycles. The summed E-state index contributed by atoms with van der Waals surface area (Å²) in [7, 11) is 1.72. The Labute approximate surface area is 175 Å². The molecule has 1 atom stereocenters. The lowest BCUT2D eigenvalue weighted by Gasteiger charge is -2.22. The number of hydrogen-bond acceptors (Lipinski definition) is 4. The van der Waals surface area contributed by atoms with E-state index >= 15 is 0 Å². The smallest absolute Gasteiger partial charge is 0.387 e. The van der Waals surface area contributed by atoms with Gasteiger partial charge in [-0.1, -0.05) is 30.3 Å². The number of aliphatic imine (C=N–C) groups is 1. The van der Waals surface area contributed by atoms with E-state index in [-0.39, 0.29) is 11.8 Å². The van der Waals surface area contributed by atoms with E-state index in [2.05, 4.69) is 20.4 Å². The van der Waals surface area contributed by atoms with Crippen molar-refractivity contribution in [1.82, 2.24) is 10.6 Å². The SMILES string of the molecule is CCOc1ccccc1CNC(=NC)NC1CCN(c2ccccc2OC(F)F)C1. The number of rotatable bonds is 8. The Morgan fingerprint density at radius 1 is 1.17 bits per heavy atom. The molecule has 0 spiro atoms. The lowest BCUT2D eigenvalue weighted by Crippen LogP contribution is -2.44. The molecule has 0 radical (unpaired) electrons. The van der Waals surface area contributed by atoms with Gasteiger partial charge in [0.1, 0.15) is 11.5 Å². The number of nitrogens with zero attached hydrogens (tertiary/aromatic N) is 2. The summed E-state index contributed by atoms with van der Waals surface area (Å²) in [4.78, 5) is 6.36. The maximum absolute atomic E-state index is 12.7. The Bertz CT molecular complexity index is 847. The van der Waals surface area contributed by atoms with Gasteiger partial charge in [-0.15, -0.1) is 0 Å². The van der Waals surface area contributed by atoms with Gasteiger partial charge in [-0.2, -0.15) is 8.78 Å². The molecule has 1 fully saturated rings. The summed E-state index contributed by atoms with van der Waals surface area (Å²) in [5.41, 5.74) is 1.73. The molecule has 1 heterocycles. The molecular formula is C22H28F2N4O2. The predicted molar refractivity (Wildman–Crippen MR) is 115 cm³/mol. The number of alkyl halides is 2. The third-order valence-electron chi connectivity index (χ3n) is 4.89. The third-order valence-corrected chi connectivity index (χ3v) is 4.89.